The minimum atomic E-state index is -4.56. The highest BCUT2D eigenvalue weighted by Crippen LogP contribution is 2.39. The number of fused-ring (bicyclic) bond motifs is 1. The van der Waals surface area contributed by atoms with Gasteiger partial charge in [0.15, 0.2) is 0 Å². The fourth-order valence-electron chi connectivity index (χ4n) is 2.48. The van der Waals surface area contributed by atoms with Gasteiger partial charge < -0.3 is 9.47 Å². The van der Waals surface area contributed by atoms with Gasteiger partial charge in [0.1, 0.15) is 29.4 Å². The second-order valence-corrected chi connectivity index (χ2v) is 8.34. The van der Waals surface area contributed by atoms with Gasteiger partial charge in [-0.1, -0.05) is 30.3 Å². The van der Waals surface area contributed by atoms with Crippen molar-refractivity contribution in [3.05, 3.63) is 75.7 Å². The molecule has 0 unspecified atom stereocenters. The van der Waals surface area contributed by atoms with E-state index < -0.39 is 11.7 Å². The Balaban J connectivity index is 1.87. The molecule has 0 amide bonds. The molecule has 0 aliphatic rings. The zero-order valence-electron chi connectivity index (χ0n) is 13.8. The van der Waals surface area contributed by atoms with Gasteiger partial charge in [0.25, 0.3) is 0 Å². The van der Waals surface area contributed by atoms with Crippen LogP contribution in [0.25, 0.3) is 10.8 Å². The third kappa shape index (κ3) is 5.26. The highest BCUT2D eigenvalue weighted by molar-refractivity contribution is 9.28. The molecule has 3 aromatic carbocycles. The summed E-state index contributed by atoms with van der Waals surface area (Å²) in [6, 6.07) is 16.7. The molecule has 0 aliphatic heterocycles. The first-order valence-electron chi connectivity index (χ1n) is 7.85. The smallest absolute Gasteiger partial charge is 0.420 e. The molecule has 27 heavy (non-hydrogen) atoms. The molecule has 0 heterocycles. The molecule has 140 valence electrons. The van der Waals surface area contributed by atoms with Crippen LogP contribution in [0.5, 0.6) is 17.2 Å². The number of rotatable bonds is 5. The van der Waals surface area contributed by atoms with Crippen LogP contribution < -0.4 is 9.47 Å². The van der Waals surface area contributed by atoms with E-state index >= 15 is 0 Å². The monoisotopic (exact) mass is 500 g/mol. The van der Waals surface area contributed by atoms with Gasteiger partial charge >= 0.3 is 6.18 Å². The van der Waals surface area contributed by atoms with Crippen molar-refractivity contribution in [2.45, 2.75) is 6.18 Å². The Morgan fingerprint density at radius 1 is 0.889 bits per heavy atom. The number of benzene rings is 3. The number of hydrogen-bond donors (Lipinski definition) is 0. The summed E-state index contributed by atoms with van der Waals surface area (Å²) >= 11 is 6.25. The molecule has 0 N–H and O–H groups in total. The molecule has 0 radical (unpaired) electrons. The van der Waals surface area contributed by atoms with Gasteiger partial charge in [-0.05, 0) is 79.0 Å². The maximum Gasteiger partial charge on any atom is 0.420 e. The fourth-order valence-corrected chi connectivity index (χ4v) is 2.75. The van der Waals surface area contributed by atoms with E-state index in [1.807, 2.05) is 30.3 Å². The first-order valence-corrected chi connectivity index (χ1v) is 9.43. The topological polar surface area (TPSA) is 18.5 Å². The Bertz CT molecular complexity index is 980. The number of halogens is 5. The molecule has 0 saturated carbocycles. The molecule has 0 atom stereocenters. The Hall–Kier alpha value is -1.99. The standard InChI is InChI=1S/C20H13Br2F3O2/c21-19(22)9-10-26-18-8-7-16(12-17(18)20(23,24)25)27-15-6-5-13-3-1-2-4-14(13)11-15/h1-9,11-12H,10H2. The summed E-state index contributed by atoms with van der Waals surface area (Å²) in [6.45, 7) is -0.0141. The summed E-state index contributed by atoms with van der Waals surface area (Å²) in [5, 5.41) is 1.97. The summed E-state index contributed by atoms with van der Waals surface area (Å²) in [7, 11) is 0. The summed E-state index contributed by atoms with van der Waals surface area (Å²) < 4.78 is 51.6. The first-order chi connectivity index (χ1) is 12.8. The van der Waals surface area contributed by atoms with Crippen LogP contribution in [-0.4, -0.2) is 6.61 Å². The van der Waals surface area contributed by atoms with E-state index in [4.69, 9.17) is 9.47 Å². The van der Waals surface area contributed by atoms with Crippen molar-refractivity contribution in [3.63, 3.8) is 0 Å². The summed E-state index contributed by atoms with van der Waals surface area (Å²) in [5.41, 5.74) is -0.889. The zero-order valence-corrected chi connectivity index (χ0v) is 16.9. The largest absolute Gasteiger partial charge is 0.489 e. The van der Waals surface area contributed by atoms with E-state index in [0.29, 0.717) is 9.14 Å². The lowest BCUT2D eigenvalue weighted by atomic mass is 10.1. The highest BCUT2D eigenvalue weighted by Gasteiger charge is 2.35. The van der Waals surface area contributed by atoms with Crippen LogP contribution >= 0.6 is 31.9 Å². The Morgan fingerprint density at radius 2 is 1.56 bits per heavy atom. The van der Waals surface area contributed by atoms with Gasteiger partial charge in [-0.2, -0.15) is 13.2 Å². The molecule has 3 rings (SSSR count). The van der Waals surface area contributed by atoms with Crippen LogP contribution in [0.1, 0.15) is 5.56 Å². The van der Waals surface area contributed by atoms with Crippen LogP contribution in [0, 0.1) is 0 Å². The van der Waals surface area contributed by atoms with E-state index in [9.17, 15) is 13.2 Å². The Morgan fingerprint density at radius 3 is 2.26 bits per heavy atom. The molecular weight excluding hydrogens is 489 g/mol. The molecule has 0 saturated heterocycles. The number of alkyl halides is 3. The molecular formula is C20H13Br2F3O2. The molecule has 3 aromatic rings. The lowest BCUT2D eigenvalue weighted by molar-refractivity contribution is -0.138. The maximum atomic E-state index is 13.4. The predicted octanol–water partition coefficient (Wildman–Crippen LogP) is 7.66. The van der Waals surface area contributed by atoms with Crippen molar-refractivity contribution in [2.75, 3.05) is 6.61 Å². The van der Waals surface area contributed by atoms with Gasteiger partial charge in [-0.15, -0.1) is 0 Å². The third-order valence-corrected chi connectivity index (χ3v) is 4.34. The van der Waals surface area contributed by atoms with Crippen LogP contribution in [0.3, 0.4) is 0 Å². The molecule has 0 fully saturated rings. The van der Waals surface area contributed by atoms with Gasteiger partial charge in [0, 0.05) is 0 Å². The van der Waals surface area contributed by atoms with Gasteiger partial charge in [0.05, 0.1) is 3.39 Å². The predicted molar refractivity (Wildman–Crippen MR) is 107 cm³/mol. The second-order valence-electron chi connectivity index (χ2n) is 5.57. The lowest BCUT2D eigenvalue weighted by Crippen LogP contribution is -2.09. The van der Waals surface area contributed by atoms with Crippen molar-refractivity contribution in [1.82, 2.24) is 0 Å². The molecule has 0 aliphatic carbocycles. The maximum absolute atomic E-state index is 13.4. The van der Waals surface area contributed by atoms with Crippen molar-refractivity contribution in [3.8, 4) is 17.2 Å². The average Bonchev–Trinajstić information content (AvgIpc) is 2.61. The minimum Gasteiger partial charge on any atom is -0.489 e. The zero-order chi connectivity index (χ0) is 19.4. The van der Waals surface area contributed by atoms with Crippen molar-refractivity contribution < 1.29 is 22.6 Å². The number of hydrogen-bond acceptors (Lipinski definition) is 2. The van der Waals surface area contributed by atoms with E-state index in [2.05, 4.69) is 31.9 Å². The van der Waals surface area contributed by atoms with E-state index in [1.165, 1.54) is 12.1 Å². The van der Waals surface area contributed by atoms with E-state index in [-0.39, 0.29) is 18.1 Å². The van der Waals surface area contributed by atoms with Crippen molar-refractivity contribution in [1.29, 1.82) is 0 Å². The quantitative estimate of drug-likeness (QED) is 0.357. The molecule has 0 spiro atoms. The third-order valence-electron chi connectivity index (χ3n) is 3.69. The van der Waals surface area contributed by atoms with Crippen LogP contribution in [0.4, 0.5) is 13.2 Å². The van der Waals surface area contributed by atoms with Gasteiger partial charge in [-0.3, -0.25) is 0 Å². The number of ether oxygens (including phenoxy) is 2. The first kappa shape index (κ1) is 19.8. The Kier molecular flexibility index (Phi) is 6.11. The van der Waals surface area contributed by atoms with Crippen LogP contribution in [0.2, 0.25) is 0 Å². The Labute approximate surface area is 170 Å². The molecule has 7 heteroatoms. The fraction of sp³-hybridized carbons (Fsp3) is 0.100. The van der Waals surface area contributed by atoms with Gasteiger partial charge in [0.2, 0.25) is 0 Å². The van der Waals surface area contributed by atoms with E-state index in [0.717, 1.165) is 16.8 Å². The summed E-state index contributed by atoms with van der Waals surface area (Å²) in [4.78, 5) is 0. The SMILES string of the molecule is FC(F)(F)c1cc(Oc2ccc3ccccc3c2)ccc1OCC=C(Br)Br. The highest BCUT2D eigenvalue weighted by atomic mass is 79.9. The average molecular weight is 502 g/mol. The summed E-state index contributed by atoms with van der Waals surface area (Å²) in [5.74, 6) is 0.287. The van der Waals surface area contributed by atoms with Crippen LogP contribution in [0.15, 0.2) is 70.1 Å². The molecule has 0 bridgehead atoms. The van der Waals surface area contributed by atoms with Crippen LogP contribution in [-0.2, 0) is 6.18 Å². The summed E-state index contributed by atoms with van der Waals surface area (Å²) in [6.07, 6.45) is -3.01. The van der Waals surface area contributed by atoms with E-state index in [1.54, 1.807) is 18.2 Å². The van der Waals surface area contributed by atoms with Crippen molar-refractivity contribution >= 4 is 42.6 Å². The lowest BCUT2D eigenvalue weighted by Gasteiger charge is -2.15. The van der Waals surface area contributed by atoms with Crippen molar-refractivity contribution in [2.24, 2.45) is 0 Å². The molecule has 2 nitrogen and oxygen atoms in total. The minimum absolute atomic E-state index is 0.0141. The second kappa shape index (κ2) is 8.35. The molecule has 0 aromatic heterocycles. The van der Waals surface area contributed by atoms with Gasteiger partial charge in [-0.25, -0.2) is 0 Å². The normalized spacial score (nSPS) is 11.3.